The molecule has 20 heavy (non-hydrogen) atoms. The fourth-order valence-electron chi connectivity index (χ4n) is 2.16. The van der Waals surface area contributed by atoms with Gasteiger partial charge in [-0.3, -0.25) is 9.59 Å². The van der Waals surface area contributed by atoms with Gasteiger partial charge in [0.1, 0.15) is 5.54 Å². The van der Waals surface area contributed by atoms with Crippen molar-refractivity contribution in [3.05, 3.63) is 29.6 Å². The van der Waals surface area contributed by atoms with Crippen LogP contribution in [0.25, 0.3) is 0 Å². The van der Waals surface area contributed by atoms with Crippen molar-refractivity contribution in [1.82, 2.24) is 4.90 Å². The van der Waals surface area contributed by atoms with Crippen LogP contribution in [0.3, 0.4) is 0 Å². The fourth-order valence-corrected chi connectivity index (χ4v) is 2.16. The molecule has 1 aromatic carbocycles. The summed E-state index contributed by atoms with van der Waals surface area (Å²) in [6.45, 7) is 0.143. The number of aliphatic carboxylic acids is 1. The van der Waals surface area contributed by atoms with Gasteiger partial charge < -0.3 is 20.5 Å². The quantitative estimate of drug-likeness (QED) is 0.840. The number of halogens is 1. The van der Waals surface area contributed by atoms with Crippen molar-refractivity contribution in [3.8, 4) is 5.75 Å². The highest BCUT2D eigenvalue weighted by Crippen LogP contribution is 2.23. The molecule has 3 N–H and O–H groups in total. The number of carbonyl (C=O) groups excluding carboxylic acids is 1. The lowest BCUT2D eigenvalue weighted by Crippen LogP contribution is -2.50. The first-order chi connectivity index (χ1) is 9.37. The summed E-state index contributed by atoms with van der Waals surface area (Å²) in [5.74, 6) is -2.19. The predicted molar refractivity (Wildman–Crippen MR) is 68.0 cm³/mol. The highest BCUT2D eigenvalue weighted by molar-refractivity contribution is 5.95. The first-order valence-electron chi connectivity index (χ1n) is 6.02. The maximum Gasteiger partial charge on any atom is 0.325 e. The van der Waals surface area contributed by atoms with E-state index in [1.165, 1.54) is 24.1 Å². The zero-order valence-corrected chi connectivity index (χ0v) is 10.9. The summed E-state index contributed by atoms with van der Waals surface area (Å²) >= 11 is 0. The Labute approximate surface area is 114 Å². The summed E-state index contributed by atoms with van der Waals surface area (Å²) in [5, 5.41) is 9.02. The van der Waals surface area contributed by atoms with E-state index in [4.69, 9.17) is 15.6 Å². The first kappa shape index (κ1) is 14.3. The van der Waals surface area contributed by atoms with Gasteiger partial charge in [-0.1, -0.05) is 0 Å². The standard InChI is InChI=1S/C13H15FN2O4/c1-20-10-3-2-8(6-9(10)14)11(17)16-5-4-13(15,7-16)12(18)19/h2-3,6H,4-5,7,15H2,1H3,(H,18,19). The Kier molecular flexibility index (Phi) is 3.63. The second-order valence-electron chi connectivity index (χ2n) is 4.79. The number of nitrogens with two attached hydrogens (primary N) is 1. The molecule has 1 atom stereocenters. The van der Waals surface area contributed by atoms with Gasteiger partial charge in [-0.15, -0.1) is 0 Å². The molecule has 0 saturated carbocycles. The molecule has 1 heterocycles. The van der Waals surface area contributed by atoms with Crippen molar-refractivity contribution < 1.29 is 23.8 Å². The van der Waals surface area contributed by atoms with Crippen molar-refractivity contribution in [2.45, 2.75) is 12.0 Å². The molecular weight excluding hydrogens is 267 g/mol. The summed E-state index contributed by atoms with van der Waals surface area (Å²) in [4.78, 5) is 24.5. The number of carbonyl (C=O) groups is 2. The highest BCUT2D eigenvalue weighted by atomic mass is 19.1. The van der Waals surface area contributed by atoms with Crippen molar-refractivity contribution in [3.63, 3.8) is 0 Å². The predicted octanol–water partition coefficient (Wildman–Crippen LogP) is 0.462. The molecule has 0 aliphatic carbocycles. The van der Waals surface area contributed by atoms with E-state index in [0.29, 0.717) is 0 Å². The Hall–Kier alpha value is -2.15. The minimum atomic E-state index is -1.43. The molecule has 1 aromatic rings. The van der Waals surface area contributed by atoms with E-state index >= 15 is 0 Å². The molecule has 1 saturated heterocycles. The molecule has 1 aliphatic rings. The number of methoxy groups -OCH3 is 1. The Balaban J connectivity index is 2.17. The monoisotopic (exact) mass is 282 g/mol. The SMILES string of the molecule is COc1ccc(C(=O)N2CCC(N)(C(=O)O)C2)cc1F. The van der Waals surface area contributed by atoms with Crippen LogP contribution in [0, 0.1) is 5.82 Å². The molecule has 0 spiro atoms. The molecule has 1 fully saturated rings. The van der Waals surface area contributed by atoms with Crippen LogP contribution < -0.4 is 10.5 Å². The van der Waals surface area contributed by atoms with E-state index in [9.17, 15) is 14.0 Å². The first-order valence-corrected chi connectivity index (χ1v) is 6.02. The van der Waals surface area contributed by atoms with Crippen molar-refractivity contribution >= 4 is 11.9 Å². The molecule has 6 nitrogen and oxygen atoms in total. The fraction of sp³-hybridized carbons (Fsp3) is 0.385. The summed E-state index contributed by atoms with van der Waals surface area (Å²) in [6, 6.07) is 3.85. The van der Waals surface area contributed by atoms with E-state index < -0.39 is 23.2 Å². The zero-order valence-electron chi connectivity index (χ0n) is 10.9. The molecule has 2 rings (SSSR count). The number of amides is 1. The van der Waals surface area contributed by atoms with Gasteiger partial charge >= 0.3 is 5.97 Å². The van der Waals surface area contributed by atoms with Crippen molar-refractivity contribution in [2.24, 2.45) is 5.73 Å². The smallest absolute Gasteiger partial charge is 0.325 e. The molecule has 7 heteroatoms. The van der Waals surface area contributed by atoms with Crippen LogP contribution in [0.15, 0.2) is 18.2 Å². The number of hydrogen-bond acceptors (Lipinski definition) is 4. The lowest BCUT2D eigenvalue weighted by Gasteiger charge is -2.20. The Morgan fingerprint density at radius 3 is 2.70 bits per heavy atom. The van der Waals surface area contributed by atoms with E-state index in [2.05, 4.69) is 0 Å². The summed E-state index contributed by atoms with van der Waals surface area (Å²) < 4.78 is 18.3. The molecule has 0 radical (unpaired) electrons. The third kappa shape index (κ3) is 2.44. The van der Waals surface area contributed by atoms with Crippen LogP contribution in [0.5, 0.6) is 5.75 Å². The molecule has 1 amide bonds. The Morgan fingerprint density at radius 1 is 1.50 bits per heavy atom. The molecule has 108 valence electrons. The van der Waals surface area contributed by atoms with Gasteiger partial charge in [-0.05, 0) is 24.6 Å². The topological polar surface area (TPSA) is 92.9 Å². The molecule has 1 aliphatic heterocycles. The second kappa shape index (κ2) is 5.09. The van der Waals surface area contributed by atoms with Gasteiger partial charge in [-0.2, -0.15) is 0 Å². The van der Waals surface area contributed by atoms with E-state index in [0.717, 1.165) is 6.07 Å². The summed E-state index contributed by atoms with van der Waals surface area (Å²) in [5.41, 5.74) is 4.40. The average Bonchev–Trinajstić information content (AvgIpc) is 2.82. The van der Waals surface area contributed by atoms with E-state index in [-0.39, 0.29) is 30.8 Å². The van der Waals surface area contributed by atoms with Crippen molar-refractivity contribution in [1.29, 1.82) is 0 Å². The van der Waals surface area contributed by atoms with E-state index in [1.54, 1.807) is 0 Å². The Morgan fingerprint density at radius 2 is 2.20 bits per heavy atom. The van der Waals surface area contributed by atoms with Gasteiger partial charge in [0.2, 0.25) is 0 Å². The van der Waals surface area contributed by atoms with Crippen LogP contribution in [0.1, 0.15) is 16.8 Å². The van der Waals surface area contributed by atoms with Gasteiger partial charge in [-0.25, -0.2) is 4.39 Å². The minimum absolute atomic E-state index is 0.0432. The maximum absolute atomic E-state index is 13.6. The van der Waals surface area contributed by atoms with Crippen LogP contribution in [0.2, 0.25) is 0 Å². The van der Waals surface area contributed by atoms with Crippen LogP contribution in [-0.4, -0.2) is 47.6 Å². The maximum atomic E-state index is 13.6. The number of hydrogen-bond donors (Lipinski definition) is 2. The third-order valence-electron chi connectivity index (χ3n) is 3.41. The van der Waals surface area contributed by atoms with E-state index in [1.807, 2.05) is 0 Å². The lowest BCUT2D eigenvalue weighted by atomic mass is 10.0. The normalized spacial score (nSPS) is 21.9. The largest absolute Gasteiger partial charge is 0.494 e. The van der Waals surface area contributed by atoms with Gasteiger partial charge in [0.15, 0.2) is 11.6 Å². The molecule has 0 bridgehead atoms. The number of rotatable bonds is 3. The molecule has 0 aromatic heterocycles. The number of ether oxygens (including phenoxy) is 1. The summed E-state index contributed by atoms with van der Waals surface area (Å²) in [7, 11) is 1.33. The number of benzene rings is 1. The van der Waals surface area contributed by atoms with Gasteiger partial charge in [0.25, 0.3) is 5.91 Å². The van der Waals surface area contributed by atoms with Gasteiger partial charge in [0.05, 0.1) is 7.11 Å². The zero-order chi connectivity index (χ0) is 14.9. The van der Waals surface area contributed by atoms with Gasteiger partial charge in [0, 0.05) is 18.7 Å². The van der Waals surface area contributed by atoms with Crippen LogP contribution in [0.4, 0.5) is 4.39 Å². The third-order valence-corrected chi connectivity index (χ3v) is 3.41. The number of nitrogens with zero attached hydrogens (tertiary/aromatic N) is 1. The Bertz CT molecular complexity index is 563. The number of carboxylic acids is 1. The highest BCUT2D eigenvalue weighted by Gasteiger charge is 2.43. The van der Waals surface area contributed by atoms with Crippen molar-refractivity contribution in [2.75, 3.05) is 20.2 Å². The average molecular weight is 282 g/mol. The summed E-state index contributed by atoms with van der Waals surface area (Å²) in [6.07, 6.45) is 0.173. The number of carboxylic acid groups (broad SMARTS) is 1. The van der Waals surface area contributed by atoms with Crippen LogP contribution >= 0.6 is 0 Å². The van der Waals surface area contributed by atoms with Crippen LogP contribution in [-0.2, 0) is 4.79 Å². The molecular formula is C13H15FN2O4. The minimum Gasteiger partial charge on any atom is -0.494 e. The lowest BCUT2D eigenvalue weighted by molar-refractivity contribution is -0.142. The molecule has 1 unspecified atom stereocenters. The second-order valence-corrected chi connectivity index (χ2v) is 4.79. The number of likely N-dealkylation sites (tertiary alicyclic amines) is 1.